The predicted molar refractivity (Wildman–Crippen MR) is 119 cm³/mol. The molecule has 0 spiro atoms. The van der Waals surface area contributed by atoms with E-state index in [1.54, 1.807) is 18.2 Å². The minimum atomic E-state index is -0.841. The van der Waals surface area contributed by atoms with Crippen molar-refractivity contribution in [3.05, 3.63) is 69.8 Å². The predicted octanol–water partition coefficient (Wildman–Crippen LogP) is 3.16. The number of non-ortho nitro benzene ring substituents is 1. The van der Waals surface area contributed by atoms with Crippen molar-refractivity contribution in [2.24, 2.45) is 5.92 Å². The molecule has 1 saturated carbocycles. The van der Waals surface area contributed by atoms with Crippen LogP contribution in [0, 0.1) is 16.0 Å². The molecule has 0 bridgehead atoms. The lowest BCUT2D eigenvalue weighted by Gasteiger charge is -2.15. The lowest BCUT2D eigenvalue weighted by atomic mass is 10.1. The average molecular weight is 438 g/mol. The topological polar surface area (TPSA) is 130 Å². The molecule has 3 rings (SSSR count). The molecule has 1 aliphatic rings. The summed E-state index contributed by atoms with van der Waals surface area (Å²) >= 11 is 0. The molecule has 32 heavy (non-hydrogen) atoms. The van der Waals surface area contributed by atoms with Gasteiger partial charge in [0.1, 0.15) is 6.04 Å². The summed E-state index contributed by atoms with van der Waals surface area (Å²) in [5.41, 5.74) is 1.39. The van der Waals surface area contributed by atoms with E-state index in [1.165, 1.54) is 25.1 Å². The van der Waals surface area contributed by atoms with E-state index >= 15 is 0 Å². The summed E-state index contributed by atoms with van der Waals surface area (Å²) in [6, 6.07) is 11.7. The van der Waals surface area contributed by atoms with Gasteiger partial charge < -0.3 is 16.0 Å². The highest BCUT2D eigenvalue weighted by Gasteiger charge is 2.22. The summed E-state index contributed by atoms with van der Waals surface area (Å²) in [7, 11) is 0. The Morgan fingerprint density at radius 1 is 1.09 bits per heavy atom. The Bertz CT molecular complexity index is 1020. The maximum atomic E-state index is 12.4. The Morgan fingerprint density at radius 3 is 2.53 bits per heavy atom. The van der Waals surface area contributed by atoms with Crippen LogP contribution in [0.4, 0.5) is 11.4 Å². The number of nitro benzene ring substituents is 1. The first-order valence-corrected chi connectivity index (χ1v) is 10.6. The molecule has 0 saturated heterocycles. The largest absolute Gasteiger partial charge is 0.350 e. The van der Waals surface area contributed by atoms with Crippen molar-refractivity contribution in [1.29, 1.82) is 0 Å². The van der Waals surface area contributed by atoms with Crippen molar-refractivity contribution in [3.63, 3.8) is 0 Å². The number of rotatable bonds is 8. The van der Waals surface area contributed by atoms with Crippen LogP contribution in [0.25, 0.3) is 0 Å². The summed E-state index contributed by atoms with van der Waals surface area (Å²) in [6.45, 7) is 1.76. The third-order valence-corrected chi connectivity index (χ3v) is 5.45. The number of nitro groups is 1. The molecule has 2 aromatic carbocycles. The fourth-order valence-corrected chi connectivity index (χ4v) is 3.64. The molecular formula is C23H26N4O5. The molecule has 1 atom stereocenters. The zero-order chi connectivity index (χ0) is 23.1. The number of anilines is 1. The smallest absolute Gasteiger partial charge is 0.270 e. The Labute approximate surface area is 185 Å². The molecule has 3 N–H and O–H groups in total. The van der Waals surface area contributed by atoms with Gasteiger partial charge in [0.05, 0.1) is 4.92 Å². The van der Waals surface area contributed by atoms with Gasteiger partial charge in [-0.15, -0.1) is 0 Å². The molecule has 3 amide bonds. The standard InChI is InChI=1S/C23H26N4O5/c1-15(25-23(30)18-9-5-11-20(13-18)27(31)32)21(28)24-14-16-6-4-10-19(12-16)26-22(29)17-7-2-3-8-17/h4-6,9-13,15,17H,2-3,7-8,14H2,1H3,(H,24,28)(H,25,30)(H,26,29). The highest BCUT2D eigenvalue weighted by Crippen LogP contribution is 2.26. The van der Waals surface area contributed by atoms with Crippen LogP contribution in [0.2, 0.25) is 0 Å². The maximum Gasteiger partial charge on any atom is 0.270 e. The molecule has 168 valence electrons. The monoisotopic (exact) mass is 438 g/mol. The number of carbonyl (C=O) groups excluding carboxylic acids is 3. The van der Waals surface area contributed by atoms with Crippen molar-refractivity contribution in [2.45, 2.75) is 45.2 Å². The maximum absolute atomic E-state index is 12.4. The summed E-state index contributed by atoms with van der Waals surface area (Å²) in [5.74, 6) is -0.882. The van der Waals surface area contributed by atoms with Crippen LogP contribution in [0.15, 0.2) is 48.5 Å². The van der Waals surface area contributed by atoms with Gasteiger partial charge in [0.15, 0.2) is 0 Å². The quantitative estimate of drug-likeness (QED) is 0.430. The van der Waals surface area contributed by atoms with Crippen molar-refractivity contribution in [1.82, 2.24) is 10.6 Å². The lowest BCUT2D eigenvalue weighted by molar-refractivity contribution is -0.384. The van der Waals surface area contributed by atoms with Crippen molar-refractivity contribution < 1.29 is 19.3 Å². The fraction of sp³-hybridized carbons (Fsp3) is 0.348. The summed E-state index contributed by atoms with van der Waals surface area (Å²) in [5, 5.41) is 19.1. The van der Waals surface area contributed by atoms with Crippen molar-refractivity contribution in [2.75, 3.05) is 5.32 Å². The summed E-state index contributed by atoms with van der Waals surface area (Å²) < 4.78 is 0. The Balaban J connectivity index is 1.51. The number of amides is 3. The van der Waals surface area contributed by atoms with E-state index in [2.05, 4.69) is 16.0 Å². The fourth-order valence-electron chi connectivity index (χ4n) is 3.64. The number of hydrogen-bond donors (Lipinski definition) is 3. The second kappa shape index (κ2) is 10.5. The molecule has 1 fully saturated rings. The van der Waals surface area contributed by atoms with Crippen molar-refractivity contribution >= 4 is 29.1 Å². The van der Waals surface area contributed by atoms with E-state index in [0.29, 0.717) is 5.69 Å². The summed E-state index contributed by atoms with van der Waals surface area (Å²) in [6.07, 6.45) is 4.00. The summed E-state index contributed by atoms with van der Waals surface area (Å²) in [4.78, 5) is 47.3. The average Bonchev–Trinajstić information content (AvgIpc) is 3.33. The molecule has 9 nitrogen and oxygen atoms in total. The molecule has 1 aliphatic carbocycles. The van der Waals surface area contributed by atoms with Crippen LogP contribution in [-0.2, 0) is 16.1 Å². The molecule has 0 radical (unpaired) electrons. The van der Waals surface area contributed by atoms with Crippen LogP contribution < -0.4 is 16.0 Å². The van der Waals surface area contributed by atoms with Crippen molar-refractivity contribution in [3.8, 4) is 0 Å². The first-order valence-electron chi connectivity index (χ1n) is 10.6. The molecular weight excluding hydrogens is 412 g/mol. The molecule has 0 heterocycles. The first-order chi connectivity index (χ1) is 15.3. The number of nitrogens with zero attached hydrogens (tertiary/aromatic N) is 1. The molecule has 2 aromatic rings. The first kappa shape index (κ1) is 22.9. The Kier molecular flexibility index (Phi) is 7.54. The highest BCUT2D eigenvalue weighted by molar-refractivity contribution is 5.98. The normalized spacial score (nSPS) is 14.4. The lowest BCUT2D eigenvalue weighted by Crippen LogP contribution is -2.44. The van der Waals surface area contributed by atoms with Gasteiger partial charge in [0.2, 0.25) is 11.8 Å². The Morgan fingerprint density at radius 2 is 1.81 bits per heavy atom. The zero-order valence-electron chi connectivity index (χ0n) is 17.8. The number of carbonyl (C=O) groups is 3. The third kappa shape index (κ3) is 6.13. The van der Waals surface area contributed by atoms with Gasteiger partial charge in [-0.3, -0.25) is 24.5 Å². The van der Waals surface area contributed by atoms with E-state index < -0.39 is 22.8 Å². The molecule has 1 unspecified atom stereocenters. The van der Waals surface area contributed by atoms with E-state index in [0.717, 1.165) is 37.3 Å². The molecule has 0 aromatic heterocycles. The van der Waals surface area contributed by atoms with Gasteiger partial charge in [0, 0.05) is 35.8 Å². The van der Waals surface area contributed by atoms with Crippen LogP contribution in [-0.4, -0.2) is 28.7 Å². The van der Waals surface area contributed by atoms with E-state index in [1.807, 2.05) is 6.07 Å². The second-order valence-electron chi connectivity index (χ2n) is 7.89. The van der Waals surface area contributed by atoms with Gasteiger partial charge in [0.25, 0.3) is 11.6 Å². The van der Waals surface area contributed by atoms with Gasteiger partial charge in [-0.25, -0.2) is 0 Å². The van der Waals surface area contributed by atoms with Crippen LogP contribution >= 0.6 is 0 Å². The number of benzene rings is 2. The van der Waals surface area contributed by atoms with E-state index in [4.69, 9.17) is 0 Å². The van der Waals surface area contributed by atoms with E-state index in [-0.39, 0.29) is 29.6 Å². The molecule has 9 heteroatoms. The van der Waals surface area contributed by atoms with Gasteiger partial charge in [-0.1, -0.05) is 31.0 Å². The number of nitrogens with one attached hydrogen (secondary N) is 3. The SMILES string of the molecule is CC(NC(=O)c1cccc([N+](=O)[O-])c1)C(=O)NCc1cccc(NC(=O)C2CCCC2)c1. The Hall–Kier alpha value is -3.75. The number of hydrogen-bond acceptors (Lipinski definition) is 5. The van der Waals surface area contributed by atoms with Crippen LogP contribution in [0.5, 0.6) is 0 Å². The van der Waals surface area contributed by atoms with Crippen LogP contribution in [0.1, 0.15) is 48.5 Å². The molecule has 0 aliphatic heterocycles. The van der Waals surface area contributed by atoms with E-state index in [9.17, 15) is 24.5 Å². The highest BCUT2D eigenvalue weighted by atomic mass is 16.6. The van der Waals surface area contributed by atoms with Crippen LogP contribution in [0.3, 0.4) is 0 Å². The van der Waals surface area contributed by atoms with Gasteiger partial charge in [-0.2, -0.15) is 0 Å². The minimum absolute atomic E-state index is 0.0289. The minimum Gasteiger partial charge on any atom is -0.350 e. The zero-order valence-corrected chi connectivity index (χ0v) is 17.8. The second-order valence-corrected chi connectivity index (χ2v) is 7.89. The van der Waals surface area contributed by atoms with Gasteiger partial charge >= 0.3 is 0 Å². The van der Waals surface area contributed by atoms with Gasteiger partial charge in [-0.05, 0) is 43.5 Å². The third-order valence-electron chi connectivity index (χ3n) is 5.45.